The molecule has 0 unspecified atom stereocenters. The van der Waals surface area contributed by atoms with Crippen LogP contribution in [0.15, 0.2) is 18.2 Å². The molecule has 0 saturated heterocycles. The molecule has 4 heteroatoms. The first-order valence-corrected chi connectivity index (χ1v) is 6.14. The highest BCUT2D eigenvalue weighted by molar-refractivity contribution is 6.31. The summed E-state index contributed by atoms with van der Waals surface area (Å²) in [4.78, 5) is 0. The number of halogens is 3. The summed E-state index contributed by atoms with van der Waals surface area (Å²) < 4.78 is 26.4. The Labute approximate surface area is 105 Å². The van der Waals surface area contributed by atoms with E-state index in [4.69, 9.17) is 17.3 Å². The van der Waals surface area contributed by atoms with Gasteiger partial charge >= 0.3 is 0 Å². The summed E-state index contributed by atoms with van der Waals surface area (Å²) in [7, 11) is 0. The molecule has 1 aromatic carbocycles. The smallest absolute Gasteiger partial charge is 0.248 e. The van der Waals surface area contributed by atoms with Crippen molar-refractivity contribution in [3.63, 3.8) is 0 Å². The molecule has 0 atom stereocenters. The minimum atomic E-state index is -2.57. The summed E-state index contributed by atoms with van der Waals surface area (Å²) in [6.07, 6.45) is 0.247. The zero-order valence-electron chi connectivity index (χ0n) is 9.77. The van der Waals surface area contributed by atoms with E-state index in [2.05, 4.69) is 0 Å². The van der Waals surface area contributed by atoms with Gasteiger partial charge in [0, 0.05) is 23.4 Å². The highest BCUT2D eigenvalue weighted by Crippen LogP contribution is 2.44. The molecular weight excluding hydrogens is 244 g/mol. The summed E-state index contributed by atoms with van der Waals surface area (Å²) in [6, 6.07) is 5.54. The normalized spacial score (nSPS) is 22.4. The average Bonchev–Trinajstić information content (AvgIpc) is 2.23. The minimum Gasteiger partial charge on any atom is -0.321 e. The molecule has 0 aliphatic heterocycles. The lowest BCUT2D eigenvalue weighted by molar-refractivity contribution is -0.0514. The van der Waals surface area contributed by atoms with Crippen molar-refractivity contribution in [2.24, 2.45) is 5.73 Å². The molecule has 1 aromatic rings. The van der Waals surface area contributed by atoms with Crippen LogP contribution >= 0.6 is 11.6 Å². The van der Waals surface area contributed by atoms with E-state index >= 15 is 0 Å². The van der Waals surface area contributed by atoms with Crippen LogP contribution < -0.4 is 5.73 Å². The fraction of sp³-hybridized carbons (Fsp3) is 0.538. The summed E-state index contributed by atoms with van der Waals surface area (Å²) in [5.41, 5.74) is 7.39. The Kier molecular flexibility index (Phi) is 3.17. The molecule has 17 heavy (non-hydrogen) atoms. The Morgan fingerprint density at radius 3 is 2.29 bits per heavy atom. The van der Waals surface area contributed by atoms with Crippen LogP contribution in [0, 0.1) is 6.92 Å². The van der Waals surface area contributed by atoms with Gasteiger partial charge in [0.2, 0.25) is 5.92 Å². The molecule has 1 fully saturated rings. The average molecular weight is 260 g/mol. The van der Waals surface area contributed by atoms with Gasteiger partial charge in [0.1, 0.15) is 0 Å². The van der Waals surface area contributed by atoms with Gasteiger partial charge < -0.3 is 5.73 Å². The van der Waals surface area contributed by atoms with Gasteiger partial charge in [0.15, 0.2) is 0 Å². The van der Waals surface area contributed by atoms with E-state index in [9.17, 15) is 8.78 Å². The maximum atomic E-state index is 13.2. The zero-order chi connectivity index (χ0) is 12.7. The van der Waals surface area contributed by atoms with Crippen LogP contribution in [0.5, 0.6) is 0 Å². The van der Waals surface area contributed by atoms with Crippen LogP contribution in [0.25, 0.3) is 0 Å². The van der Waals surface area contributed by atoms with Crippen LogP contribution in [0.2, 0.25) is 5.02 Å². The third-order valence-corrected chi connectivity index (χ3v) is 3.91. The van der Waals surface area contributed by atoms with Crippen molar-refractivity contribution in [1.29, 1.82) is 0 Å². The van der Waals surface area contributed by atoms with E-state index < -0.39 is 11.5 Å². The largest absolute Gasteiger partial charge is 0.321 e. The second-order valence-electron chi connectivity index (χ2n) is 4.94. The summed E-state index contributed by atoms with van der Waals surface area (Å²) in [6.45, 7) is 1.92. The molecule has 0 radical (unpaired) electrons. The molecule has 1 aliphatic carbocycles. The molecule has 1 aliphatic rings. The fourth-order valence-corrected chi connectivity index (χ4v) is 2.98. The Bertz CT molecular complexity index is 401. The number of rotatable bonds is 1. The molecule has 0 spiro atoms. The van der Waals surface area contributed by atoms with Gasteiger partial charge in [0.05, 0.1) is 0 Å². The summed E-state index contributed by atoms with van der Waals surface area (Å²) >= 11 is 6.16. The Balaban J connectivity index is 2.34. The molecule has 2 N–H and O–H groups in total. The van der Waals surface area contributed by atoms with Gasteiger partial charge in [-0.2, -0.15) is 0 Å². The Hall–Kier alpha value is -0.670. The predicted molar refractivity (Wildman–Crippen MR) is 65.5 cm³/mol. The third-order valence-electron chi connectivity index (χ3n) is 3.59. The first kappa shape index (κ1) is 12.8. The lowest BCUT2D eigenvalue weighted by Crippen LogP contribution is -2.44. The van der Waals surface area contributed by atoms with Gasteiger partial charge in [0.25, 0.3) is 0 Å². The number of hydrogen-bond donors (Lipinski definition) is 1. The molecule has 2 rings (SSSR count). The number of aryl methyl sites for hydroxylation is 1. The van der Waals surface area contributed by atoms with Crippen molar-refractivity contribution < 1.29 is 8.78 Å². The van der Waals surface area contributed by atoms with Gasteiger partial charge in [-0.05, 0) is 37.0 Å². The summed E-state index contributed by atoms with van der Waals surface area (Å²) in [5.74, 6) is -2.57. The fourth-order valence-electron chi connectivity index (χ4n) is 2.57. The van der Waals surface area contributed by atoms with E-state index in [0.717, 1.165) is 11.1 Å². The highest BCUT2D eigenvalue weighted by Gasteiger charge is 2.43. The third kappa shape index (κ3) is 2.45. The number of nitrogens with two attached hydrogens (primary N) is 1. The predicted octanol–water partition coefficient (Wildman–Crippen LogP) is 4.01. The standard InChI is InChI=1S/C13H16ClF2N/c1-9-3-2-4-10(14)11(9)12(17)5-7-13(15,16)8-6-12/h2-4H,5-8,17H2,1H3. The lowest BCUT2D eigenvalue weighted by atomic mass is 9.74. The molecule has 1 saturated carbocycles. The molecule has 94 valence electrons. The second-order valence-corrected chi connectivity index (χ2v) is 5.35. The van der Waals surface area contributed by atoms with Crippen molar-refractivity contribution in [3.05, 3.63) is 34.3 Å². The molecule has 1 nitrogen and oxygen atoms in total. The minimum absolute atomic E-state index is 0.159. The molecule has 0 amide bonds. The Morgan fingerprint density at radius 2 is 1.76 bits per heavy atom. The Morgan fingerprint density at radius 1 is 1.18 bits per heavy atom. The van der Waals surface area contributed by atoms with Crippen molar-refractivity contribution in [2.75, 3.05) is 0 Å². The van der Waals surface area contributed by atoms with E-state index in [1.807, 2.05) is 19.1 Å². The molecule has 0 aromatic heterocycles. The van der Waals surface area contributed by atoms with Crippen LogP contribution in [-0.2, 0) is 5.54 Å². The monoisotopic (exact) mass is 259 g/mol. The van der Waals surface area contributed by atoms with Crippen molar-refractivity contribution in [3.8, 4) is 0 Å². The quantitative estimate of drug-likeness (QED) is 0.810. The van der Waals surface area contributed by atoms with Crippen LogP contribution in [-0.4, -0.2) is 5.92 Å². The van der Waals surface area contributed by atoms with E-state index in [1.54, 1.807) is 6.07 Å². The maximum Gasteiger partial charge on any atom is 0.248 e. The van der Waals surface area contributed by atoms with Gasteiger partial charge in [-0.1, -0.05) is 23.7 Å². The SMILES string of the molecule is Cc1cccc(Cl)c1C1(N)CCC(F)(F)CC1. The second kappa shape index (κ2) is 4.21. The summed E-state index contributed by atoms with van der Waals surface area (Å²) in [5, 5.41) is 0.581. The molecule has 0 heterocycles. The topological polar surface area (TPSA) is 26.0 Å². The van der Waals surface area contributed by atoms with Gasteiger partial charge in [-0.15, -0.1) is 0 Å². The van der Waals surface area contributed by atoms with Crippen LogP contribution in [0.1, 0.15) is 36.8 Å². The van der Waals surface area contributed by atoms with Crippen LogP contribution in [0.4, 0.5) is 8.78 Å². The zero-order valence-corrected chi connectivity index (χ0v) is 10.5. The van der Waals surface area contributed by atoms with E-state index in [-0.39, 0.29) is 25.7 Å². The maximum absolute atomic E-state index is 13.2. The number of alkyl halides is 2. The highest BCUT2D eigenvalue weighted by atomic mass is 35.5. The number of benzene rings is 1. The van der Waals surface area contributed by atoms with Crippen molar-refractivity contribution >= 4 is 11.6 Å². The number of hydrogen-bond acceptors (Lipinski definition) is 1. The van der Waals surface area contributed by atoms with Gasteiger partial charge in [-0.25, -0.2) is 8.78 Å². The first-order valence-electron chi connectivity index (χ1n) is 5.76. The van der Waals surface area contributed by atoms with Gasteiger partial charge in [-0.3, -0.25) is 0 Å². The van der Waals surface area contributed by atoms with Crippen LogP contribution in [0.3, 0.4) is 0 Å². The van der Waals surface area contributed by atoms with Crippen molar-refractivity contribution in [1.82, 2.24) is 0 Å². The van der Waals surface area contributed by atoms with Crippen molar-refractivity contribution in [2.45, 2.75) is 44.1 Å². The molecular formula is C13H16ClF2N. The first-order chi connectivity index (χ1) is 7.84. The van der Waals surface area contributed by atoms with E-state index in [1.165, 1.54) is 0 Å². The molecule has 0 bridgehead atoms. The van der Waals surface area contributed by atoms with E-state index in [0.29, 0.717) is 5.02 Å². The lowest BCUT2D eigenvalue weighted by Gasteiger charge is -2.38.